The van der Waals surface area contributed by atoms with E-state index >= 15 is 0 Å². The molecule has 0 saturated carbocycles. The van der Waals surface area contributed by atoms with E-state index < -0.39 is 5.41 Å². The molecule has 0 radical (unpaired) electrons. The number of rotatable bonds is 3. The molecule has 1 aromatic heterocycles. The molecule has 10 aromatic rings. The Labute approximate surface area is 319 Å². The Morgan fingerprint density at radius 2 is 0.855 bits per heavy atom. The molecule has 0 amide bonds. The minimum Gasteiger partial charge on any atom is -0.252 e. The summed E-state index contributed by atoms with van der Waals surface area (Å²) in [5.74, 6) is 0. The van der Waals surface area contributed by atoms with Crippen LogP contribution in [0.25, 0.3) is 88.2 Å². The Bertz CT molecular complexity index is 3130. The lowest BCUT2D eigenvalue weighted by Crippen LogP contribution is -2.26. The predicted molar refractivity (Wildman–Crippen MR) is 227 cm³/mol. The summed E-state index contributed by atoms with van der Waals surface area (Å²) in [4.78, 5) is 9.47. The molecule has 2 nitrogen and oxygen atoms in total. The van der Waals surface area contributed by atoms with Crippen molar-refractivity contribution >= 4 is 32.3 Å². The summed E-state index contributed by atoms with van der Waals surface area (Å²) in [7, 11) is 0. The molecular weight excluding hydrogens is 665 g/mol. The quantitative estimate of drug-likeness (QED) is 0.172. The zero-order valence-corrected chi connectivity index (χ0v) is 29.9. The Morgan fingerprint density at radius 1 is 0.327 bits per heavy atom. The molecular formula is C53H32N2. The summed E-state index contributed by atoms with van der Waals surface area (Å²) < 4.78 is 0. The van der Waals surface area contributed by atoms with Crippen molar-refractivity contribution in [3.05, 3.63) is 217 Å². The highest BCUT2D eigenvalue weighted by Crippen LogP contribution is 2.65. The van der Waals surface area contributed by atoms with E-state index in [1.807, 2.05) is 30.6 Å². The van der Waals surface area contributed by atoms with E-state index in [-0.39, 0.29) is 0 Å². The smallest absolute Gasteiger partial charge is 0.0885 e. The average Bonchev–Trinajstić information content (AvgIpc) is 3.73. The average molecular weight is 697 g/mol. The van der Waals surface area contributed by atoms with E-state index in [2.05, 4.69) is 164 Å². The molecule has 12 rings (SSSR count). The van der Waals surface area contributed by atoms with Gasteiger partial charge in [-0.15, -0.1) is 0 Å². The summed E-state index contributed by atoms with van der Waals surface area (Å²) in [6.07, 6.45) is 3.73. The van der Waals surface area contributed by atoms with E-state index in [0.717, 1.165) is 22.5 Å². The third-order valence-corrected chi connectivity index (χ3v) is 12.1. The van der Waals surface area contributed by atoms with Crippen molar-refractivity contribution in [2.75, 3.05) is 0 Å². The van der Waals surface area contributed by atoms with E-state index in [4.69, 9.17) is 9.97 Å². The number of benzene rings is 9. The molecule has 2 aliphatic rings. The van der Waals surface area contributed by atoms with Gasteiger partial charge in [-0.3, -0.25) is 9.97 Å². The molecule has 55 heavy (non-hydrogen) atoms. The zero-order valence-electron chi connectivity index (χ0n) is 29.9. The van der Waals surface area contributed by atoms with Crippen LogP contribution in [-0.2, 0) is 5.41 Å². The van der Waals surface area contributed by atoms with Gasteiger partial charge in [0.2, 0.25) is 0 Å². The number of hydrogen-bond donors (Lipinski definition) is 0. The van der Waals surface area contributed by atoms with Gasteiger partial charge in [0.05, 0.1) is 29.2 Å². The highest BCUT2D eigenvalue weighted by molar-refractivity contribution is 6.20. The largest absolute Gasteiger partial charge is 0.252 e. The molecule has 0 N–H and O–H groups in total. The maximum atomic E-state index is 4.76. The van der Waals surface area contributed by atoms with Crippen molar-refractivity contribution in [3.63, 3.8) is 0 Å². The molecule has 0 atom stereocenters. The van der Waals surface area contributed by atoms with E-state index in [1.165, 1.54) is 88.0 Å². The van der Waals surface area contributed by atoms with Crippen LogP contribution in [0.15, 0.2) is 194 Å². The summed E-state index contributed by atoms with van der Waals surface area (Å²) >= 11 is 0. The van der Waals surface area contributed by atoms with Crippen LogP contribution in [0.1, 0.15) is 22.3 Å². The van der Waals surface area contributed by atoms with Crippen molar-refractivity contribution in [2.24, 2.45) is 0 Å². The van der Waals surface area contributed by atoms with E-state index in [0.29, 0.717) is 0 Å². The first-order valence-electron chi connectivity index (χ1n) is 19.0. The van der Waals surface area contributed by atoms with Crippen LogP contribution < -0.4 is 0 Å². The summed E-state index contributed by atoms with van der Waals surface area (Å²) in [5.41, 5.74) is 16.6. The lowest BCUT2D eigenvalue weighted by atomic mass is 9.69. The van der Waals surface area contributed by atoms with Crippen LogP contribution in [0.3, 0.4) is 0 Å². The molecule has 9 aromatic carbocycles. The third-order valence-electron chi connectivity index (χ3n) is 12.1. The van der Waals surface area contributed by atoms with Crippen LogP contribution in [0.4, 0.5) is 0 Å². The number of aromatic nitrogens is 2. The van der Waals surface area contributed by atoms with Crippen LogP contribution in [0, 0.1) is 0 Å². The fourth-order valence-electron chi connectivity index (χ4n) is 9.80. The fourth-order valence-corrected chi connectivity index (χ4v) is 9.80. The minimum atomic E-state index is -0.454. The molecule has 2 aliphatic carbocycles. The topological polar surface area (TPSA) is 25.8 Å². The van der Waals surface area contributed by atoms with E-state index in [9.17, 15) is 0 Å². The molecule has 0 saturated heterocycles. The number of nitrogens with zero attached hydrogens (tertiary/aromatic N) is 2. The van der Waals surface area contributed by atoms with Gasteiger partial charge in [0.1, 0.15) is 0 Å². The third kappa shape index (κ3) is 4.19. The van der Waals surface area contributed by atoms with Gasteiger partial charge in [0.15, 0.2) is 0 Å². The maximum Gasteiger partial charge on any atom is 0.0885 e. The van der Waals surface area contributed by atoms with Crippen LogP contribution in [-0.4, -0.2) is 9.97 Å². The molecule has 0 aliphatic heterocycles. The Morgan fingerprint density at radius 3 is 1.53 bits per heavy atom. The van der Waals surface area contributed by atoms with Gasteiger partial charge in [-0.2, -0.15) is 0 Å². The second-order valence-electron chi connectivity index (χ2n) is 14.9. The standard InChI is InChI=1S/C53H32N2/c1-2-12-34(13-3-1)49-31-55-50(32-54-49)35-24-22-33(23-25-35)36-26-27-37-29-45-48(30-38(37)28-36)53(46-20-10-8-16-41(46)42-17-9-11-21-47(42)53)52-44-19-7-5-15-40(44)39-14-4-6-18-43(39)51(45)52/h1-32H. The van der Waals surface area contributed by atoms with Gasteiger partial charge in [0, 0.05) is 11.1 Å². The molecule has 0 unspecified atom stereocenters. The van der Waals surface area contributed by atoms with Crippen LogP contribution in [0.2, 0.25) is 0 Å². The Hall–Kier alpha value is -7.16. The monoisotopic (exact) mass is 696 g/mol. The van der Waals surface area contributed by atoms with Crippen molar-refractivity contribution in [2.45, 2.75) is 5.41 Å². The second-order valence-corrected chi connectivity index (χ2v) is 14.9. The Balaban J connectivity index is 1.05. The Kier molecular flexibility index (Phi) is 6.29. The van der Waals surface area contributed by atoms with Gasteiger partial charge in [-0.05, 0) is 106 Å². The van der Waals surface area contributed by atoms with Crippen molar-refractivity contribution in [3.8, 4) is 55.9 Å². The van der Waals surface area contributed by atoms with Crippen molar-refractivity contribution in [1.29, 1.82) is 0 Å². The molecule has 2 heteroatoms. The van der Waals surface area contributed by atoms with Gasteiger partial charge >= 0.3 is 0 Å². The zero-order chi connectivity index (χ0) is 36.1. The molecule has 1 spiro atoms. The minimum absolute atomic E-state index is 0.454. The number of hydrogen-bond acceptors (Lipinski definition) is 2. The van der Waals surface area contributed by atoms with Crippen molar-refractivity contribution < 1.29 is 0 Å². The lowest BCUT2D eigenvalue weighted by molar-refractivity contribution is 0.803. The van der Waals surface area contributed by atoms with Gasteiger partial charge < -0.3 is 0 Å². The van der Waals surface area contributed by atoms with Gasteiger partial charge in [-0.25, -0.2) is 0 Å². The maximum absolute atomic E-state index is 4.76. The molecule has 0 bridgehead atoms. The first-order valence-corrected chi connectivity index (χ1v) is 19.0. The molecule has 1 heterocycles. The summed E-state index contributed by atoms with van der Waals surface area (Å²) in [6.45, 7) is 0. The summed E-state index contributed by atoms with van der Waals surface area (Å²) in [5, 5.41) is 7.73. The first kappa shape index (κ1) is 30.3. The molecule has 0 fully saturated rings. The van der Waals surface area contributed by atoms with Gasteiger partial charge in [-0.1, -0.05) is 164 Å². The molecule has 254 valence electrons. The summed E-state index contributed by atoms with van der Waals surface area (Å²) in [6, 6.07) is 67.1. The second kappa shape index (κ2) is 11.4. The SMILES string of the molecule is c1ccc(-c2cnc(-c3ccc(-c4ccc5cc6c(cc5c4)C4(c5ccccc5-c5ccccc54)c4c-6c5ccccc5c5ccccc45)cc3)cn2)cc1. The lowest BCUT2D eigenvalue weighted by Gasteiger charge is -2.32. The highest BCUT2D eigenvalue weighted by Gasteiger charge is 2.53. The van der Waals surface area contributed by atoms with E-state index in [1.54, 1.807) is 0 Å². The number of fused-ring (bicyclic) bond motifs is 16. The van der Waals surface area contributed by atoms with Crippen LogP contribution in [0.5, 0.6) is 0 Å². The van der Waals surface area contributed by atoms with Gasteiger partial charge in [0.25, 0.3) is 0 Å². The first-order chi connectivity index (χ1) is 27.3. The van der Waals surface area contributed by atoms with Crippen molar-refractivity contribution in [1.82, 2.24) is 9.97 Å². The normalized spacial score (nSPS) is 13.2. The predicted octanol–water partition coefficient (Wildman–Crippen LogP) is 13.3. The highest BCUT2D eigenvalue weighted by atomic mass is 14.8. The van der Waals surface area contributed by atoms with Crippen LogP contribution >= 0.6 is 0 Å². The fraction of sp³-hybridized carbons (Fsp3) is 0.0189.